The Morgan fingerprint density at radius 1 is 1.50 bits per heavy atom. The van der Waals surface area contributed by atoms with Gasteiger partial charge in [0.1, 0.15) is 0 Å². The van der Waals surface area contributed by atoms with Crippen LogP contribution in [0.5, 0.6) is 0 Å². The molecule has 12 heavy (non-hydrogen) atoms. The Morgan fingerprint density at radius 2 is 2.17 bits per heavy atom. The van der Waals surface area contributed by atoms with Crippen molar-refractivity contribution < 1.29 is 4.79 Å². The third-order valence-electron chi connectivity index (χ3n) is 2.23. The maximum absolute atomic E-state index is 11.2. The molecule has 0 aliphatic heterocycles. The number of alkyl halides is 1. The number of unbranched alkanes of at least 4 members (excludes halogenated alkanes) is 1. The first-order valence-electron chi connectivity index (χ1n) is 4.53. The van der Waals surface area contributed by atoms with Crippen LogP contribution in [0.4, 0.5) is 0 Å². The quantitative estimate of drug-likeness (QED) is 0.573. The van der Waals surface area contributed by atoms with Crippen molar-refractivity contribution >= 4 is 21.8 Å². The van der Waals surface area contributed by atoms with Gasteiger partial charge in [-0.1, -0.05) is 15.9 Å². The summed E-state index contributed by atoms with van der Waals surface area (Å²) >= 11 is 3.34. The van der Waals surface area contributed by atoms with Crippen molar-refractivity contribution in [3.05, 3.63) is 0 Å². The molecule has 0 unspecified atom stereocenters. The molecule has 1 rings (SSSR count). The highest BCUT2D eigenvalue weighted by Gasteiger charge is 2.38. The average Bonchev–Trinajstić information content (AvgIpc) is 2.68. The van der Waals surface area contributed by atoms with Crippen LogP contribution in [-0.2, 0) is 4.79 Å². The van der Waals surface area contributed by atoms with E-state index < -0.39 is 0 Å². The van der Waals surface area contributed by atoms with Crippen molar-refractivity contribution in [2.75, 3.05) is 5.33 Å². The van der Waals surface area contributed by atoms with Crippen molar-refractivity contribution in [1.29, 1.82) is 0 Å². The Bertz CT molecular complexity index is 166. The third kappa shape index (κ3) is 3.57. The monoisotopic (exact) mass is 233 g/mol. The van der Waals surface area contributed by atoms with Crippen LogP contribution >= 0.6 is 15.9 Å². The Balaban J connectivity index is 2.04. The zero-order chi connectivity index (χ0) is 9.03. The minimum absolute atomic E-state index is 0.158. The molecule has 1 aliphatic rings. The topological polar surface area (TPSA) is 29.1 Å². The summed E-state index contributed by atoms with van der Waals surface area (Å²) in [5.41, 5.74) is 0.158. The fourth-order valence-electron chi connectivity index (χ4n) is 1.09. The van der Waals surface area contributed by atoms with E-state index in [1.165, 1.54) is 0 Å². The lowest BCUT2D eigenvalue weighted by Crippen LogP contribution is -2.33. The van der Waals surface area contributed by atoms with Crippen LogP contribution in [0.1, 0.15) is 39.0 Å². The lowest BCUT2D eigenvalue weighted by atomic mass is 10.2. The fraction of sp³-hybridized carbons (Fsp3) is 0.889. The number of halogens is 1. The van der Waals surface area contributed by atoms with Gasteiger partial charge in [-0.05, 0) is 32.6 Å². The van der Waals surface area contributed by atoms with E-state index in [0.29, 0.717) is 6.42 Å². The highest BCUT2D eigenvalue weighted by Crippen LogP contribution is 2.34. The molecule has 1 amide bonds. The molecule has 0 aromatic rings. The second-order valence-electron chi connectivity index (χ2n) is 3.75. The van der Waals surface area contributed by atoms with Gasteiger partial charge in [-0.15, -0.1) is 0 Å². The molecule has 1 aliphatic carbocycles. The standard InChI is InChI=1S/C9H16BrNO/c1-9(5-6-9)11-8(12)4-2-3-7-10/h2-7H2,1H3,(H,11,12). The first-order chi connectivity index (χ1) is 5.66. The van der Waals surface area contributed by atoms with Crippen molar-refractivity contribution in [3.8, 4) is 0 Å². The van der Waals surface area contributed by atoms with Gasteiger partial charge in [0.15, 0.2) is 0 Å². The fourth-order valence-corrected chi connectivity index (χ4v) is 1.49. The molecule has 0 atom stereocenters. The van der Waals surface area contributed by atoms with Crippen molar-refractivity contribution in [1.82, 2.24) is 5.32 Å². The molecule has 0 saturated heterocycles. The van der Waals surface area contributed by atoms with Gasteiger partial charge < -0.3 is 5.32 Å². The van der Waals surface area contributed by atoms with E-state index in [0.717, 1.165) is 31.0 Å². The van der Waals surface area contributed by atoms with Crippen LogP contribution in [-0.4, -0.2) is 16.8 Å². The molecule has 1 saturated carbocycles. The maximum Gasteiger partial charge on any atom is 0.220 e. The molecule has 0 aromatic heterocycles. The van der Waals surface area contributed by atoms with Crippen molar-refractivity contribution in [2.24, 2.45) is 0 Å². The number of carbonyl (C=O) groups excluding carboxylic acids is 1. The van der Waals surface area contributed by atoms with Crippen LogP contribution in [0.15, 0.2) is 0 Å². The van der Waals surface area contributed by atoms with Gasteiger partial charge in [-0.25, -0.2) is 0 Å². The molecule has 0 spiro atoms. The molecule has 0 heterocycles. The number of rotatable bonds is 5. The van der Waals surface area contributed by atoms with Crippen LogP contribution in [0.3, 0.4) is 0 Å². The van der Waals surface area contributed by atoms with E-state index in [1.807, 2.05) is 0 Å². The smallest absolute Gasteiger partial charge is 0.220 e. The zero-order valence-electron chi connectivity index (χ0n) is 7.53. The first kappa shape index (κ1) is 10.0. The van der Waals surface area contributed by atoms with Gasteiger partial charge in [0, 0.05) is 17.3 Å². The van der Waals surface area contributed by atoms with Gasteiger partial charge in [0.25, 0.3) is 0 Å². The van der Waals surface area contributed by atoms with E-state index in [2.05, 4.69) is 28.2 Å². The predicted octanol–water partition coefficient (Wildman–Crippen LogP) is 2.22. The normalized spacial score (nSPS) is 18.8. The second kappa shape index (κ2) is 4.26. The van der Waals surface area contributed by atoms with Crippen LogP contribution < -0.4 is 5.32 Å². The zero-order valence-corrected chi connectivity index (χ0v) is 9.11. The summed E-state index contributed by atoms with van der Waals surface area (Å²) in [5, 5.41) is 4.03. The molecular weight excluding hydrogens is 218 g/mol. The molecule has 0 radical (unpaired) electrons. The lowest BCUT2D eigenvalue weighted by molar-refractivity contribution is -0.122. The molecular formula is C9H16BrNO. The average molecular weight is 234 g/mol. The Hall–Kier alpha value is -0.0500. The molecule has 0 aromatic carbocycles. The van der Waals surface area contributed by atoms with Gasteiger partial charge in [-0.3, -0.25) is 4.79 Å². The number of hydrogen-bond donors (Lipinski definition) is 1. The predicted molar refractivity (Wildman–Crippen MR) is 53.4 cm³/mol. The van der Waals surface area contributed by atoms with Crippen LogP contribution in [0.2, 0.25) is 0 Å². The molecule has 1 N–H and O–H groups in total. The van der Waals surface area contributed by atoms with Gasteiger partial charge >= 0.3 is 0 Å². The third-order valence-corrected chi connectivity index (χ3v) is 2.79. The summed E-state index contributed by atoms with van der Waals surface area (Å²) in [6, 6.07) is 0. The summed E-state index contributed by atoms with van der Waals surface area (Å²) in [7, 11) is 0. The van der Waals surface area contributed by atoms with Crippen LogP contribution in [0, 0.1) is 0 Å². The summed E-state index contributed by atoms with van der Waals surface area (Å²) in [6.07, 6.45) is 5.06. The largest absolute Gasteiger partial charge is 0.351 e. The van der Waals surface area contributed by atoms with Gasteiger partial charge in [-0.2, -0.15) is 0 Å². The highest BCUT2D eigenvalue weighted by atomic mass is 79.9. The SMILES string of the molecule is CC1(NC(=O)CCCCBr)CC1. The second-order valence-corrected chi connectivity index (χ2v) is 4.55. The number of nitrogens with one attached hydrogen (secondary N) is 1. The van der Waals surface area contributed by atoms with Crippen molar-refractivity contribution in [3.63, 3.8) is 0 Å². The first-order valence-corrected chi connectivity index (χ1v) is 5.65. The van der Waals surface area contributed by atoms with Crippen molar-refractivity contribution in [2.45, 2.75) is 44.6 Å². The van der Waals surface area contributed by atoms with E-state index in [9.17, 15) is 4.79 Å². The van der Waals surface area contributed by atoms with E-state index in [4.69, 9.17) is 0 Å². The minimum atomic E-state index is 0.158. The lowest BCUT2D eigenvalue weighted by Gasteiger charge is -2.10. The molecule has 3 heteroatoms. The molecule has 70 valence electrons. The number of hydrogen-bond acceptors (Lipinski definition) is 1. The molecule has 0 bridgehead atoms. The Labute approximate surface area is 82.2 Å². The van der Waals surface area contributed by atoms with Gasteiger partial charge in [0.05, 0.1) is 0 Å². The summed E-state index contributed by atoms with van der Waals surface area (Å²) in [5.74, 6) is 0.218. The summed E-state index contributed by atoms with van der Waals surface area (Å²) < 4.78 is 0. The summed E-state index contributed by atoms with van der Waals surface area (Å²) in [4.78, 5) is 11.2. The van der Waals surface area contributed by atoms with E-state index in [1.54, 1.807) is 0 Å². The number of amides is 1. The van der Waals surface area contributed by atoms with Crippen LogP contribution in [0.25, 0.3) is 0 Å². The molecule has 2 nitrogen and oxygen atoms in total. The maximum atomic E-state index is 11.2. The molecule has 1 fully saturated rings. The highest BCUT2D eigenvalue weighted by molar-refractivity contribution is 9.09. The number of carbonyl (C=O) groups is 1. The van der Waals surface area contributed by atoms with Gasteiger partial charge in [0.2, 0.25) is 5.91 Å². The van der Waals surface area contributed by atoms with E-state index in [-0.39, 0.29) is 11.4 Å². The minimum Gasteiger partial charge on any atom is -0.351 e. The summed E-state index contributed by atoms with van der Waals surface area (Å²) in [6.45, 7) is 2.11. The Morgan fingerprint density at radius 3 is 2.67 bits per heavy atom. The van der Waals surface area contributed by atoms with E-state index >= 15 is 0 Å². The Kier molecular flexibility index (Phi) is 3.56.